The molecule has 0 aliphatic heterocycles. The molecule has 0 atom stereocenters. The van der Waals surface area contributed by atoms with Crippen LogP contribution in [0.2, 0.25) is 0 Å². The predicted molar refractivity (Wildman–Crippen MR) is 216 cm³/mol. The molecule has 1 N–H and O–H groups in total. The molecule has 15 nitrogen and oxygen atoms in total. The van der Waals surface area contributed by atoms with E-state index in [1.807, 2.05) is 24.3 Å². The van der Waals surface area contributed by atoms with Gasteiger partial charge in [-0.25, -0.2) is 4.79 Å². The van der Waals surface area contributed by atoms with Crippen LogP contribution in [0.3, 0.4) is 0 Å². The fraction of sp³-hybridized carbons (Fsp3) is 0.651. The number of terminal acetylenes is 1. The first-order valence-corrected chi connectivity index (χ1v) is 20.3. The van der Waals surface area contributed by atoms with E-state index >= 15 is 0 Å². The van der Waals surface area contributed by atoms with Gasteiger partial charge in [-0.15, -0.1) is 6.42 Å². The second-order valence-electron chi connectivity index (χ2n) is 12.6. The second kappa shape index (κ2) is 35.7. The van der Waals surface area contributed by atoms with Crippen molar-refractivity contribution in [2.75, 3.05) is 172 Å². The molecular weight excluding hydrogens is 754 g/mol. The van der Waals surface area contributed by atoms with E-state index in [1.165, 1.54) is 22.3 Å². The van der Waals surface area contributed by atoms with Gasteiger partial charge in [-0.3, -0.25) is 0 Å². The highest BCUT2D eigenvalue weighted by Gasteiger charge is 2.28. The molecule has 58 heavy (non-hydrogen) atoms. The number of nitrogens with one attached hydrogen (secondary N) is 1. The largest absolute Gasteiger partial charge is 0.449 e. The number of alkyl carbamates (subject to hydrolysis) is 1. The summed E-state index contributed by atoms with van der Waals surface area (Å²) >= 11 is 0. The van der Waals surface area contributed by atoms with Gasteiger partial charge in [0.2, 0.25) is 0 Å². The summed E-state index contributed by atoms with van der Waals surface area (Å²) in [6, 6.07) is 16.6. The van der Waals surface area contributed by atoms with Crippen molar-refractivity contribution in [3.8, 4) is 23.5 Å². The first-order chi connectivity index (χ1) is 28.8. The van der Waals surface area contributed by atoms with Gasteiger partial charge in [0.05, 0.1) is 145 Å². The van der Waals surface area contributed by atoms with E-state index in [4.69, 9.17) is 68.0 Å². The Balaban J connectivity index is 0.928. The van der Waals surface area contributed by atoms with Gasteiger partial charge in [0.25, 0.3) is 0 Å². The molecule has 0 radical (unpaired) electrons. The van der Waals surface area contributed by atoms with Gasteiger partial charge in [-0.05, 0) is 28.7 Å². The molecule has 0 aromatic heterocycles. The van der Waals surface area contributed by atoms with Crippen molar-refractivity contribution in [3.63, 3.8) is 0 Å². The lowest BCUT2D eigenvalue weighted by molar-refractivity contribution is -0.0281. The third kappa shape index (κ3) is 24.0. The summed E-state index contributed by atoms with van der Waals surface area (Å²) in [7, 11) is 0. The maximum atomic E-state index is 12.3. The van der Waals surface area contributed by atoms with Crippen molar-refractivity contribution in [3.05, 3.63) is 59.7 Å². The van der Waals surface area contributed by atoms with E-state index in [-0.39, 0.29) is 5.92 Å². The minimum atomic E-state index is -0.417. The van der Waals surface area contributed by atoms with Crippen molar-refractivity contribution in [1.82, 2.24) is 5.32 Å². The van der Waals surface area contributed by atoms with E-state index in [2.05, 4.69) is 35.5 Å². The molecule has 0 unspecified atom stereocenters. The van der Waals surface area contributed by atoms with Crippen molar-refractivity contribution in [1.29, 1.82) is 0 Å². The first kappa shape index (κ1) is 49.2. The van der Waals surface area contributed by atoms with E-state index < -0.39 is 6.09 Å². The lowest BCUT2D eigenvalue weighted by Crippen LogP contribution is -2.27. The average Bonchev–Trinajstić information content (AvgIpc) is 3.57. The van der Waals surface area contributed by atoms with Gasteiger partial charge in [0, 0.05) is 19.1 Å². The fourth-order valence-corrected chi connectivity index (χ4v) is 5.56. The number of ether oxygens (including phenoxy) is 13. The van der Waals surface area contributed by atoms with Crippen molar-refractivity contribution < 1.29 is 66.4 Å². The molecule has 2 aromatic carbocycles. The average molecular weight is 820 g/mol. The summed E-state index contributed by atoms with van der Waals surface area (Å²) in [6.45, 7) is 12.4. The molecule has 0 heterocycles. The Hall–Kier alpha value is -3.21. The van der Waals surface area contributed by atoms with E-state index in [0.717, 1.165) is 0 Å². The molecule has 1 amide bonds. The smallest absolute Gasteiger partial charge is 0.407 e. The normalized spacial score (nSPS) is 12.1. The van der Waals surface area contributed by atoms with Gasteiger partial charge < -0.3 is 66.9 Å². The van der Waals surface area contributed by atoms with Gasteiger partial charge in [0.15, 0.2) is 0 Å². The molecular formula is C43H65NO14. The van der Waals surface area contributed by atoms with Crippen LogP contribution in [0, 0.1) is 12.3 Å². The van der Waals surface area contributed by atoms with Crippen LogP contribution in [0.4, 0.5) is 4.79 Å². The number of hydrogen-bond acceptors (Lipinski definition) is 14. The fourth-order valence-electron chi connectivity index (χ4n) is 5.56. The molecule has 3 rings (SSSR count). The summed E-state index contributed by atoms with van der Waals surface area (Å²) in [5, 5.41) is 2.81. The van der Waals surface area contributed by atoms with Crippen molar-refractivity contribution >= 4 is 6.09 Å². The summed E-state index contributed by atoms with van der Waals surface area (Å²) in [6.07, 6.45) is 5.35. The van der Waals surface area contributed by atoms with Crippen molar-refractivity contribution in [2.45, 2.75) is 12.3 Å². The van der Waals surface area contributed by atoms with Gasteiger partial charge >= 0.3 is 6.09 Å². The molecule has 326 valence electrons. The van der Waals surface area contributed by atoms with Crippen LogP contribution in [0.15, 0.2) is 48.5 Å². The van der Waals surface area contributed by atoms with Gasteiger partial charge in [0.1, 0.15) is 13.2 Å². The molecule has 0 spiro atoms. The van der Waals surface area contributed by atoms with Crippen LogP contribution < -0.4 is 5.32 Å². The molecule has 2 aromatic rings. The highest BCUT2D eigenvalue weighted by atomic mass is 16.6. The lowest BCUT2D eigenvalue weighted by atomic mass is 9.98. The number of hydrogen-bond donors (Lipinski definition) is 1. The van der Waals surface area contributed by atoms with Gasteiger partial charge in [-0.1, -0.05) is 54.5 Å². The number of carbonyl (C=O) groups is 1. The quantitative estimate of drug-likeness (QED) is 0.0769. The predicted octanol–water partition coefficient (Wildman–Crippen LogP) is 3.75. The van der Waals surface area contributed by atoms with Crippen LogP contribution in [-0.4, -0.2) is 178 Å². The molecule has 0 bridgehead atoms. The summed E-state index contributed by atoms with van der Waals surface area (Å²) < 4.78 is 71.0. The third-order valence-corrected chi connectivity index (χ3v) is 8.36. The monoisotopic (exact) mass is 819 g/mol. The van der Waals surface area contributed by atoms with E-state index in [1.54, 1.807) is 0 Å². The number of carbonyl (C=O) groups excluding carboxylic acids is 1. The lowest BCUT2D eigenvalue weighted by Gasteiger charge is -2.14. The van der Waals surface area contributed by atoms with Crippen molar-refractivity contribution in [2.24, 2.45) is 0 Å². The standard InChI is InChI=1S/C43H65NO14/c1-2-13-46-15-17-48-19-21-50-23-25-52-27-29-54-31-33-56-35-36-57-34-32-55-30-28-53-26-24-51-22-20-49-18-16-47-14-7-12-44-43(45)58-37-42-40-10-5-3-8-38(40)39-9-4-6-11-41(39)42/h1,3-6,8-11,42H,7,12-37H2,(H,44,45). The zero-order chi connectivity index (χ0) is 40.8. The summed E-state index contributed by atoms with van der Waals surface area (Å²) in [5.41, 5.74) is 4.80. The topological polar surface area (TPSA) is 149 Å². The van der Waals surface area contributed by atoms with Crippen LogP contribution in [0.5, 0.6) is 0 Å². The minimum Gasteiger partial charge on any atom is -0.449 e. The maximum Gasteiger partial charge on any atom is 0.407 e. The minimum absolute atomic E-state index is 0.0471. The van der Waals surface area contributed by atoms with Crippen LogP contribution >= 0.6 is 0 Å². The molecule has 0 fully saturated rings. The molecule has 15 heteroatoms. The van der Waals surface area contributed by atoms with Crippen LogP contribution in [0.25, 0.3) is 11.1 Å². The number of benzene rings is 2. The highest BCUT2D eigenvalue weighted by Crippen LogP contribution is 2.44. The van der Waals surface area contributed by atoms with E-state index in [9.17, 15) is 4.79 Å². The maximum absolute atomic E-state index is 12.3. The number of amides is 1. The third-order valence-electron chi connectivity index (χ3n) is 8.36. The Morgan fingerprint density at radius 2 is 0.776 bits per heavy atom. The van der Waals surface area contributed by atoms with Crippen LogP contribution in [-0.2, 0) is 61.6 Å². The molecule has 1 aliphatic rings. The molecule has 1 aliphatic carbocycles. The Bertz CT molecular complexity index is 1280. The number of rotatable bonds is 40. The molecule has 0 saturated carbocycles. The number of fused-ring (bicyclic) bond motifs is 3. The highest BCUT2D eigenvalue weighted by molar-refractivity contribution is 5.79. The summed E-state index contributed by atoms with van der Waals surface area (Å²) in [4.78, 5) is 12.3. The van der Waals surface area contributed by atoms with Gasteiger partial charge in [-0.2, -0.15) is 0 Å². The zero-order valence-electron chi connectivity index (χ0n) is 34.1. The van der Waals surface area contributed by atoms with E-state index in [0.29, 0.717) is 178 Å². The molecule has 0 saturated heterocycles. The second-order valence-corrected chi connectivity index (χ2v) is 12.6. The zero-order valence-corrected chi connectivity index (χ0v) is 34.1. The Morgan fingerprint density at radius 1 is 0.466 bits per heavy atom. The first-order valence-electron chi connectivity index (χ1n) is 20.3. The summed E-state index contributed by atoms with van der Waals surface area (Å²) in [5.74, 6) is 2.45. The Morgan fingerprint density at radius 3 is 1.12 bits per heavy atom. The Labute approximate surface area is 344 Å². The Kier molecular flexibility index (Phi) is 30.3. The van der Waals surface area contributed by atoms with Crippen LogP contribution in [0.1, 0.15) is 23.5 Å². The SMILES string of the molecule is C#CCOCCOCCOCCOCCOCCOCCOCCOCCOCCOCCOCCOCCCNC(=O)OCC1c2ccccc2-c2ccccc21.